The molecule has 0 N–H and O–H groups in total. The minimum Gasteiger partial charge on any atom is -0.263 e. The average Bonchev–Trinajstić information content (AvgIpc) is 2.44. The first-order valence-electron chi connectivity index (χ1n) is 4.90. The number of hydrogen-bond acceptors (Lipinski definition) is 1. The Bertz CT molecular complexity index is 491. The quantitative estimate of drug-likeness (QED) is 0.816. The van der Waals surface area contributed by atoms with Gasteiger partial charge >= 0.3 is 0 Å². The summed E-state index contributed by atoms with van der Waals surface area (Å²) >= 11 is 3.29. The van der Waals surface area contributed by atoms with Crippen LogP contribution in [0.3, 0.4) is 0 Å². The van der Waals surface area contributed by atoms with Gasteiger partial charge in [0.25, 0.3) is 0 Å². The van der Waals surface area contributed by atoms with Gasteiger partial charge in [0.1, 0.15) is 10.4 Å². The van der Waals surface area contributed by atoms with Crippen molar-refractivity contribution in [2.75, 3.05) is 0 Å². The Labute approximate surface area is 96.2 Å². The van der Waals surface area contributed by atoms with Gasteiger partial charge in [0.15, 0.2) is 0 Å². The van der Waals surface area contributed by atoms with Crippen LogP contribution in [0.5, 0.6) is 0 Å². The number of fused-ring (bicyclic) bond motifs is 1. The molecule has 0 radical (unpaired) electrons. The summed E-state index contributed by atoms with van der Waals surface area (Å²) in [5, 5.41) is 4.85. The zero-order valence-electron chi connectivity index (χ0n) is 8.67. The van der Waals surface area contributed by atoms with Crippen LogP contribution in [0.15, 0.2) is 22.8 Å². The van der Waals surface area contributed by atoms with Crippen LogP contribution in [0, 0.1) is 11.7 Å². The van der Waals surface area contributed by atoms with Gasteiger partial charge in [-0.1, -0.05) is 19.9 Å². The highest BCUT2D eigenvalue weighted by molar-refractivity contribution is 9.10. The molecule has 0 unspecified atom stereocenters. The molecule has 80 valence electrons. The molecular weight excluding hydrogens is 259 g/mol. The van der Waals surface area contributed by atoms with Crippen molar-refractivity contribution in [1.82, 2.24) is 9.78 Å². The predicted octanol–water partition coefficient (Wildman–Crippen LogP) is 3.59. The highest BCUT2D eigenvalue weighted by atomic mass is 79.9. The van der Waals surface area contributed by atoms with Crippen molar-refractivity contribution in [3.63, 3.8) is 0 Å². The lowest BCUT2D eigenvalue weighted by Crippen LogP contribution is -2.05. The predicted molar refractivity (Wildman–Crippen MR) is 62.2 cm³/mol. The monoisotopic (exact) mass is 270 g/mol. The fraction of sp³-hybridized carbons (Fsp3) is 0.364. The Balaban J connectivity index is 2.63. The molecule has 0 atom stereocenters. The third kappa shape index (κ3) is 1.91. The van der Waals surface area contributed by atoms with Crippen molar-refractivity contribution in [2.45, 2.75) is 20.4 Å². The van der Waals surface area contributed by atoms with E-state index in [9.17, 15) is 4.39 Å². The molecule has 0 aliphatic carbocycles. The first-order chi connectivity index (χ1) is 7.09. The fourth-order valence-corrected chi connectivity index (χ4v) is 2.21. The van der Waals surface area contributed by atoms with E-state index < -0.39 is 0 Å². The van der Waals surface area contributed by atoms with Crippen molar-refractivity contribution >= 4 is 26.8 Å². The van der Waals surface area contributed by atoms with Gasteiger partial charge in [-0.2, -0.15) is 5.10 Å². The van der Waals surface area contributed by atoms with Gasteiger partial charge in [-0.3, -0.25) is 4.68 Å². The lowest BCUT2D eigenvalue weighted by Gasteiger charge is -2.05. The van der Waals surface area contributed by atoms with Gasteiger partial charge in [-0.25, -0.2) is 4.39 Å². The SMILES string of the molecule is CC(C)Cn1nc(Br)c2c(F)cccc21. The topological polar surface area (TPSA) is 17.8 Å². The van der Waals surface area contributed by atoms with E-state index in [-0.39, 0.29) is 5.82 Å². The zero-order valence-corrected chi connectivity index (χ0v) is 10.3. The van der Waals surface area contributed by atoms with E-state index in [1.165, 1.54) is 6.07 Å². The van der Waals surface area contributed by atoms with Crippen molar-refractivity contribution in [3.05, 3.63) is 28.6 Å². The molecule has 2 aromatic rings. The number of halogens is 2. The average molecular weight is 271 g/mol. The highest BCUT2D eigenvalue weighted by Gasteiger charge is 2.12. The molecule has 0 spiro atoms. The van der Waals surface area contributed by atoms with Crippen LogP contribution in [0.1, 0.15) is 13.8 Å². The van der Waals surface area contributed by atoms with Crippen LogP contribution in [-0.4, -0.2) is 9.78 Å². The molecule has 0 amide bonds. The van der Waals surface area contributed by atoms with E-state index in [1.807, 2.05) is 10.7 Å². The Morgan fingerprint density at radius 1 is 1.47 bits per heavy atom. The number of aromatic nitrogens is 2. The van der Waals surface area contributed by atoms with Crippen LogP contribution in [-0.2, 0) is 6.54 Å². The van der Waals surface area contributed by atoms with Gasteiger partial charge in [-0.05, 0) is 34.0 Å². The molecule has 4 heteroatoms. The minimum atomic E-state index is -0.227. The fourth-order valence-electron chi connectivity index (χ4n) is 1.63. The van der Waals surface area contributed by atoms with Gasteiger partial charge in [-0.15, -0.1) is 0 Å². The standard InChI is InChI=1S/C11H12BrFN2/c1-7(2)6-15-9-5-3-4-8(13)10(9)11(12)14-15/h3-5,7H,6H2,1-2H3. The van der Waals surface area contributed by atoms with Crippen molar-refractivity contribution in [2.24, 2.45) is 5.92 Å². The Morgan fingerprint density at radius 3 is 2.87 bits per heavy atom. The summed E-state index contributed by atoms with van der Waals surface area (Å²) in [6.07, 6.45) is 0. The smallest absolute Gasteiger partial charge is 0.138 e. The summed E-state index contributed by atoms with van der Waals surface area (Å²) in [6, 6.07) is 5.05. The van der Waals surface area contributed by atoms with Crippen molar-refractivity contribution < 1.29 is 4.39 Å². The first kappa shape index (κ1) is 10.6. The molecule has 0 saturated carbocycles. The maximum Gasteiger partial charge on any atom is 0.138 e. The Hall–Kier alpha value is -0.900. The molecule has 0 aliphatic rings. The van der Waals surface area contributed by atoms with Crippen molar-refractivity contribution in [3.8, 4) is 0 Å². The zero-order chi connectivity index (χ0) is 11.0. The molecule has 2 rings (SSSR count). The summed E-state index contributed by atoms with van der Waals surface area (Å²) in [6.45, 7) is 5.02. The lowest BCUT2D eigenvalue weighted by molar-refractivity contribution is 0.493. The molecule has 2 nitrogen and oxygen atoms in total. The van der Waals surface area contributed by atoms with Gasteiger partial charge < -0.3 is 0 Å². The van der Waals surface area contributed by atoms with E-state index in [0.29, 0.717) is 15.9 Å². The number of benzene rings is 1. The molecule has 1 aromatic carbocycles. The second-order valence-corrected chi connectivity index (χ2v) is 4.75. The largest absolute Gasteiger partial charge is 0.263 e. The van der Waals surface area contributed by atoms with E-state index in [0.717, 1.165) is 12.1 Å². The lowest BCUT2D eigenvalue weighted by atomic mass is 10.2. The molecular formula is C11H12BrFN2. The third-order valence-corrected chi connectivity index (χ3v) is 2.78. The van der Waals surface area contributed by atoms with E-state index in [1.54, 1.807) is 6.07 Å². The van der Waals surface area contributed by atoms with Crippen LogP contribution in [0.25, 0.3) is 10.9 Å². The van der Waals surface area contributed by atoms with E-state index in [2.05, 4.69) is 34.9 Å². The summed E-state index contributed by atoms with van der Waals surface area (Å²) in [5.41, 5.74) is 0.843. The van der Waals surface area contributed by atoms with Gasteiger partial charge in [0.05, 0.1) is 10.9 Å². The molecule has 1 aromatic heterocycles. The second kappa shape index (κ2) is 3.93. The van der Waals surface area contributed by atoms with Crippen LogP contribution < -0.4 is 0 Å². The molecule has 0 saturated heterocycles. The van der Waals surface area contributed by atoms with E-state index in [4.69, 9.17) is 0 Å². The maximum atomic E-state index is 13.5. The minimum absolute atomic E-state index is 0.227. The number of hydrogen-bond donors (Lipinski definition) is 0. The molecule has 0 aliphatic heterocycles. The van der Waals surface area contributed by atoms with Gasteiger partial charge in [0.2, 0.25) is 0 Å². The summed E-state index contributed by atoms with van der Waals surface area (Å²) in [7, 11) is 0. The molecule has 0 fully saturated rings. The van der Waals surface area contributed by atoms with Crippen LogP contribution >= 0.6 is 15.9 Å². The Kier molecular flexibility index (Phi) is 2.78. The first-order valence-corrected chi connectivity index (χ1v) is 5.69. The third-order valence-electron chi connectivity index (χ3n) is 2.22. The molecule has 0 bridgehead atoms. The molecule has 15 heavy (non-hydrogen) atoms. The normalized spacial score (nSPS) is 11.5. The number of rotatable bonds is 2. The van der Waals surface area contributed by atoms with E-state index >= 15 is 0 Å². The summed E-state index contributed by atoms with van der Waals surface area (Å²) in [4.78, 5) is 0. The highest BCUT2D eigenvalue weighted by Crippen LogP contribution is 2.26. The number of nitrogens with zero attached hydrogens (tertiary/aromatic N) is 2. The van der Waals surface area contributed by atoms with Crippen LogP contribution in [0.4, 0.5) is 4.39 Å². The maximum absolute atomic E-state index is 13.5. The van der Waals surface area contributed by atoms with Crippen molar-refractivity contribution in [1.29, 1.82) is 0 Å². The Morgan fingerprint density at radius 2 is 2.20 bits per heavy atom. The second-order valence-electron chi connectivity index (χ2n) is 4.00. The molecule has 1 heterocycles. The van der Waals surface area contributed by atoms with Crippen LogP contribution in [0.2, 0.25) is 0 Å². The summed E-state index contributed by atoms with van der Waals surface area (Å²) in [5.74, 6) is 0.262. The van der Waals surface area contributed by atoms with Gasteiger partial charge in [0, 0.05) is 6.54 Å². The summed E-state index contributed by atoms with van der Waals surface area (Å²) < 4.78 is 15.9.